The van der Waals surface area contributed by atoms with Gasteiger partial charge in [0.05, 0.1) is 12.2 Å². The summed E-state index contributed by atoms with van der Waals surface area (Å²) in [4.78, 5) is 8.27. The average molecular weight is 239 g/mol. The summed E-state index contributed by atoms with van der Waals surface area (Å²) >= 11 is 0. The van der Waals surface area contributed by atoms with E-state index in [4.69, 9.17) is 4.74 Å². The van der Waals surface area contributed by atoms with Crippen LogP contribution in [0.5, 0.6) is 5.88 Å². The molecule has 0 amide bonds. The van der Waals surface area contributed by atoms with Crippen LogP contribution in [0.2, 0.25) is 0 Å². The molecule has 5 nitrogen and oxygen atoms in total. The first-order valence-electron chi connectivity index (χ1n) is 6.03. The lowest BCUT2D eigenvalue weighted by atomic mass is 10.2. The van der Waals surface area contributed by atoms with E-state index in [1.807, 2.05) is 20.8 Å². The Morgan fingerprint density at radius 3 is 2.71 bits per heavy atom. The van der Waals surface area contributed by atoms with Crippen molar-refractivity contribution in [2.24, 2.45) is 0 Å². The lowest BCUT2D eigenvalue weighted by Gasteiger charge is -2.15. The highest BCUT2D eigenvalue weighted by Gasteiger charge is 2.09. The van der Waals surface area contributed by atoms with Crippen molar-refractivity contribution in [3.63, 3.8) is 0 Å². The van der Waals surface area contributed by atoms with Crippen LogP contribution < -0.4 is 10.1 Å². The number of hydrogen-bond acceptors (Lipinski definition) is 5. The molecule has 1 rings (SSSR count). The third-order valence-electron chi connectivity index (χ3n) is 2.14. The molecular formula is C12H21N3O2. The second-order valence-electron chi connectivity index (χ2n) is 4.20. The van der Waals surface area contributed by atoms with Gasteiger partial charge in [-0.3, -0.25) is 0 Å². The molecule has 0 bridgehead atoms. The summed E-state index contributed by atoms with van der Waals surface area (Å²) < 4.78 is 5.52. The summed E-state index contributed by atoms with van der Waals surface area (Å²) in [6, 6.07) is 0. The van der Waals surface area contributed by atoms with E-state index in [0.717, 1.165) is 12.8 Å². The molecule has 1 unspecified atom stereocenters. The van der Waals surface area contributed by atoms with Crippen LogP contribution >= 0.6 is 0 Å². The molecule has 1 atom stereocenters. The van der Waals surface area contributed by atoms with Crippen molar-refractivity contribution in [2.75, 3.05) is 11.9 Å². The fraction of sp³-hybridized carbons (Fsp3) is 0.667. The Morgan fingerprint density at radius 2 is 2.06 bits per heavy atom. The Labute approximate surface area is 102 Å². The molecule has 2 N–H and O–H groups in total. The Kier molecular flexibility index (Phi) is 5.69. The number of aliphatic hydroxyl groups excluding tert-OH is 1. The number of aliphatic hydroxyl groups is 1. The maximum absolute atomic E-state index is 9.63. The Bertz CT molecular complexity index is 331. The average Bonchev–Trinajstić information content (AvgIpc) is 2.27. The first kappa shape index (κ1) is 13.7. The van der Waals surface area contributed by atoms with Gasteiger partial charge in [0, 0.05) is 18.9 Å². The van der Waals surface area contributed by atoms with Crippen molar-refractivity contribution in [3.05, 3.63) is 12.4 Å². The van der Waals surface area contributed by atoms with Crippen molar-refractivity contribution in [2.45, 2.75) is 45.8 Å². The first-order valence-corrected chi connectivity index (χ1v) is 6.03. The van der Waals surface area contributed by atoms with Gasteiger partial charge in [0.1, 0.15) is 0 Å². The minimum Gasteiger partial charge on any atom is -0.472 e. The molecule has 0 aliphatic carbocycles. The molecule has 1 aromatic rings. The van der Waals surface area contributed by atoms with Crippen LogP contribution in [-0.2, 0) is 0 Å². The highest BCUT2D eigenvalue weighted by Crippen LogP contribution is 2.18. The van der Waals surface area contributed by atoms with Crippen LogP contribution in [0.15, 0.2) is 12.4 Å². The molecule has 0 spiro atoms. The predicted octanol–water partition coefficient (Wildman–Crippen LogP) is 1.84. The smallest absolute Gasteiger partial charge is 0.257 e. The van der Waals surface area contributed by atoms with Crippen molar-refractivity contribution >= 4 is 5.82 Å². The summed E-state index contributed by atoms with van der Waals surface area (Å²) in [5, 5.41) is 12.7. The van der Waals surface area contributed by atoms with Crippen LogP contribution in [0.4, 0.5) is 5.82 Å². The second-order valence-corrected chi connectivity index (χ2v) is 4.20. The van der Waals surface area contributed by atoms with Gasteiger partial charge in [-0.15, -0.1) is 0 Å². The molecule has 1 aromatic heterocycles. The Hall–Kier alpha value is -1.36. The fourth-order valence-electron chi connectivity index (χ4n) is 1.41. The highest BCUT2D eigenvalue weighted by molar-refractivity contribution is 5.44. The number of nitrogens with zero attached hydrogens (tertiary/aromatic N) is 2. The zero-order valence-corrected chi connectivity index (χ0v) is 10.7. The van der Waals surface area contributed by atoms with Gasteiger partial charge in [-0.2, -0.15) is 0 Å². The maximum Gasteiger partial charge on any atom is 0.257 e. The summed E-state index contributed by atoms with van der Waals surface area (Å²) in [7, 11) is 0. The van der Waals surface area contributed by atoms with Gasteiger partial charge in [-0.1, -0.05) is 13.3 Å². The number of hydrogen-bond donors (Lipinski definition) is 2. The van der Waals surface area contributed by atoms with Gasteiger partial charge >= 0.3 is 0 Å². The molecule has 0 saturated carbocycles. The van der Waals surface area contributed by atoms with E-state index >= 15 is 0 Å². The standard InChI is InChI=1S/C12H21N3O2/c1-4-5-10(16)8-15-11-12(17-9(2)3)14-7-6-13-11/h6-7,9-10,16H,4-5,8H2,1-3H3,(H,13,15). The van der Waals surface area contributed by atoms with Gasteiger partial charge in [-0.05, 0) is 20.3 Å². The molecule has 0 saturated heterocycles. The summed E-state index contributed by atoms with van der Waals surface area (Å²) in [6.07, 6.45) is 4.60. The van der Waals surface area contributed by atoms with Gasteiger partial charge in [0.25, 0.3) is 5.88 Å². The number of rotatable bonds is 7. The SMILES string of the molecule is CCCC(O)CNc1nccnc1OC(C)C. The zero-order valence-electron chi connectivity index (χ0n) is 10.7. The summed E-state index contributed by atoms with van der Waals surface area (Å²) in [5.41, 5.74) is 0. The number of aromatic nitrogens is 2. The van der Waals surface area contributed by atoms with Crippen molar-refractivity contribution in [1.82, 2.24) is 9.97 Å². The normalized spacial score (nSPS) is 12.5. The molecule has 0 fully saturated rings. The maximum atomic E-state index is 9.63. The third-order valence-corrected chi connectivity index (χ3v) is 2.14. The lowest BCUT2D eigenvalue weighted by Crippen LogP contribution is -2.20. The molecule has 1 heterocycles. The predicted molar refractivity (Wildman–Crippen MR) is 67.2 cm³/mol. The number of ether oxygens (including phenoxy) is 1. The van der Waals surface area contributed by atoms with Crippen molar-refractivity contribution in [3.8, 4) is 5.88 Å². The van der Waals surface area contributed by atoms with E-state index in [9.17, 15) is 5.11 Å². The van der Waals surface area contributed by atoms with Crippen LogP contribution in [0.3, 0.4) is 0 Å². The summed E-state index contributed by atoms with van der Waals surface area (Å²) in [6.45, 7) is 6.37. The van der Waals surface area contributed by atoms with E-state index < -0.39 is 0 Å². The Balaban J connectivity index is 2.57. The molecule has 0 aromatic carbocycles. The number of anilines is 1. The first-order chi connectivity index (χ1) is 8.13. The van der Waals surface area contributed by atoms with E-state index in [1.165, 1.54) is 0 Å². The van der Waals surface area contributed by atoms with E-state index in [-0.39, 0.29) is 12.2 Å². The molecule has 5 heteroatoms. The largest absolute Gasteiger partial charge is 0.472 e. The molecular weight excluding hydrogens is 218 g/mol. The van der Waals surface area contributed by atoms with Gasteiger partial charge < -0.3 is 15.2 Å². The van der Waals surface area contributed by atoms with Gasteiger partial charge in [0.2, 0.25) is 0 Å². The molecule has 0 aliphatic rings. The van der Waals surface area contributed by atoms with Crippen molar-refractivity contribution in [1.29, 1.82) is 0 Å². The lowest BCUT2D eigenvalue weighted by molar-refractivity contribution is 0.176. The molecule has 0 radical (unpaired) electrons. The van der Waals surface area contributed by atoms with E-state index in [1.54, 1.807) is 12.4 Å². The topological polar surface area (TPSA) is 67.3 Å². The zero-order chi connectivity index (χ0) is 12.7. The van der Waals surface area contributed by atoms with Gasteiger partial charge in [-0.25, -0.2) is 9.97 Å². The minimum atomic E-state index is -0.367. The minimum absolute atomic E-state index is 0.0489. The van der Waals surface area contributed by atoms with Crippen LogP contribution in [0, 0.1) is 0 Å². The monoisotopic (exact) mass is 239 g/mol. The fourth-order valence-corrected chi connectivity index (χ4v) is 1.41. The summed E-state index contributed by atoms with van der Waals surface area (Å²) in [5.74, 6) is 1.06. The van der Waals surface area contributed by atoms with Crippen molar-refractivity contribution < 1.29 is 9.84 Å². The Morgan fingerprint density at radius 1 is 1.35 bits per heavy atom. The number of nitrogens with one attached hydrogen (secondary N) is 1. The quantitative estimate of drug-likeness (QED) is 0.760. The van der Waals surface area contributed by atoms with Crippen LogP contribution in [0.25, 0.3) is 0 Å². The van der Waals surface area contributed by atoms with Crippen LogP contribution in [-0.4, -0.2) is 33.8 Å². The molecule has 0 aliphatic heterocycles. The molecule has 17 heavy (non-hydrogen) atoms. The van der Waals surface area contributed by atoms with E-state index in [0.29, 0.717) is 18.2 Å². The third kappa shape index (κ3) is 4.99. The van der Waals surface area contributed by atoms with Crippen LogP contribution in [0.1, 0.15) is 33.6 Å². The molecule has 96 valence electrons. The van der Waals surface area contributed by atoms with E-state index in [2.05, 4.69) is 15.3 Å². The van der Waals surface area contributed by atoms with Gasteiger partial charge in [0.15, 0.2) is 5.82 Å². The second kappa shape index (κ2) is 7.06. The highest BCUT2D eigenvalue weighted by atomic mass is 16.5.